The number of para-hydroxylation sites is 1. The van der Waals surface area contributed by atoms with Crippen LogP contribution in [0.5, 0.6) is 0 Å². The second-order valence-corrected chi connectivity index (χ2v) is 4.67. The molecule has 7 nitrogen and oxygen atoms in total. The van der Waals surface area contributed by atoms with Gasteiger partial charge >= 0.3 is 0 Å². The molecule has 0 spiro atoms. The van der Waals surface area contributed by atoms with E-state index in [1.54, 1.807) is 19.1 Å². The van der Waals surface area contributed by atoms with E-state index in [2.05, 4.69) is 25.8 Å². The van der Waals surface area contributed by atoms with Crippen LogP contribution in [0.2, 0.25) is 0 Å². The molecule has 2 N–H and O–H groups in total. The van der Waals surface area contributed by atoms with Crippen molar-refractivity contribution in [1.82, 2.24) is 15.1 Å². The largest absolute Gasteiger partial charge is 0.360 e. The SMILES string of the molecule is Cc1cc(Nc2cnc(C(=O)Nc3ccccc3F)cn2)no1. The lowest BCUT2D eigenvalue weighted by atomic mass is 10.3. The number of amides is 1. The maximum atomic E-state index is 13.5. The van der Waals surface area contributed by atoms with Crippen molar-refractivity contribution in [1.29, 1.82) is 0 Å². The minimum absolute atomic E-state index is 0.0649. The Morgan fingerprint density at radius 1 is 1.17 bits per heavy atom. The number of hydrogen-bond donors (Lipinski definition) is 2. The number of hydrogen-bond acceptors (Lipinski definition) is 6. The molecule has 2 heterocycles. The monoisotopic (exact) mass is 313 g/mol. The number of carbonyl (C=O) groups is 1. The molecule has 0 fully saturated rings. The van der Waals surface area contributed by atoms with Gasteiger partial charge in [-0.2, -0.15) is 0 Å². The third-order valence-electron chi connectivity index (χ3n) is 2.89. The third kappa shape index (κ3) is 3.49. The summed E-state index contributed by atoms with van der Waals surface area (Å²) in [5, 5.41) is 9.07. The molecule has 1 amide bonds. The van der Waals surface area contributed by atoms with E-state index in [9.17, 15) is 9.18 Å². The van der Waals surface area contributed by atoms with E-state index >= 15 is 0 Å². The normalized spacial score (nSPS) is 10.3. The molecule has 0 aliphatic heterocycles. The van der Waals surface area contributed by atoms with Crippen molar-refractivity contribution >= 4 is 23.2 Å². The van der Waals surface area contributed by atoms with Crippen molar-refractivity contribution in [2.45, 2.75) is 6.92 Å². The summed E-state index contributed by atoms with van der Waals surface area (Å²) in [6.45, 7) is 1.76. The molecule has 0 bridgehead atoms. The van der Waals surface area contributed by atoms with Crippen LogP contribution in [0.1, 0.15) is 16.2 Å². The van der Waals surface area contributed by atoms with Crippen LogP contribution >= 0.6 is 0 Å². The van der Waals surface area contributed by atoms with E-state index in [4.69, 9.17) is 4.52 Å². The molecule has 0 saturated carbocycles. The lowest BCUT2D eigenvalue weighted by Crippen LogP contribution is -2.15. The average molecular weight is 313 g/mol. The van der Waals surface area contributed by atoms with Crippen LogP contribution in [0.3, 0.4) is 0 Å². The van der Waals surface area contributed by atoms with E-state index in [0.717, 1.165) is 0 Å². The third-order valence-corrected chi connectivity index (χ3v) is 2.89. The van der Waals surface area contributed by atoms with E-state index in [-0.39, 0.29) is 11.4 Å². The lowest BCUT2D eigenvalue weighted by Gasteiger charge is -2.06. The first-order valence-corrected chi connectivity index (χ1v) is 6.70. The van der Waals surface area contributed by atoms with Crippen LogP contribution in [0, 0.1) is 12.7 Å². The van der Waals surface area contributed by atoms with Gasteiger partial charge in [0, 0.05) is 6.07 Å². The zero-order valence-electron chi connectivity index (χ0n) is 12.1. The van der Waals surface area contributed by atoms with Crippen LogP contribution in [0.15, 0.2) is 47.2 Å². The van der Waals surface area contributed by atoms with Gasteiger partial charge in [-0.1, -0.05) is 17.3 Å². The maximum absolute atomic E-state index is 13.5. The highest BCUT2D eigenvalue weighted by Gasteiger charge is 2.11. The highest BCUT2D eigenvalue weighted by Crippen LogP contribution is 2.15. The quantitative estimate of drug-likeness (QED) is 0.769. The number of rotatable bonds is 4. The standard InChI is InChI=1S/C15H12FN5O2/c1-9-6-13(21-23-9)20-14-8-17-12(7-18-14)15(22)19-11-5-3-2-4-10(11)16/h2-8H,1H3,(H,19,22)(H,18,20,21). The molecule has 1 aromatic carbocycles. The van der Waals surface area contributed by atoms with Gasteiger partial charge in [0.25, 0.3) is 5.91 Å². The fraction of sp³-hybridized carbons (Fsp3) is 0.0667. The molecule has 3 rings (SSSR count). The van der Waals surface area contributed by atoms with Gasteiger partial charge in [-0.15, -0.1) is 0 Å². The minimum atomic E-state index is -0.550. The Balaban J connectivity index is 1.69. The first-order chi connectivity index (χ1) is 11.1. The van der Waals surface area contributed by atoms with E-state index < -0.39 is 11.7 Å². The fourth-order valence-corrected chi connectivity index (χ4v) is 1.82. The molecule has 0 aliphatic carbocycles. The van der Waals surface area contributed by atoms with E-state index in [1.807, 2.05) is 0 Å². The zero-order valence-corrected chi connectivity index (χ0v) is 12.1. The fourth-order valence-electron chi connectivity index (χ4n) is 1.82. The van der Waals surface area contributed by atoms with Gasteiger partial charge in [-0.25, -0.2) is 14.4 Å². The Morgan fingerprint density at radius 2 is 2.00 bits per heavy atom. The summed E-state index contributed by atoms with van der Waals surface area (Å²) >= 11 is 0. The summed E-state index contributed by atoms with van der Waals surface area (Å²) in [6.07, 6.45) is 2.66. The van der Waals surface area contributed by atoms with Crippen molar-refractivity contribution < 1.29 is 13.7 Å². The number of halogens is 1. The van der Waals surface area contributed by atoms with Crippen molar-refractivity contribution in [2.75, 3.05) is 10.6 Å². The molecular formula is C15H12FN5O2. The summed E-state index contributed by atoms with van der Waals surface area (Å²) < 4.78 is 18.4. The Labute approximate surface area is 130 Å². The molecule has 0 saturated heterocycles. The van der Waals surface area contributed by atoms with Gasteiger partial charge in [0.2, 0.25) is 0 Å². The second kappa shape index (κ2) is 6.22. The minimum Gasteiger partial charge on any atom is -0.360 e. The molecule has 0 aliphatic rings. The molecule has 0 atom stereocenters. The van der Waals surface area contributed by atoms with Crippen LogP contribution in [-0.2, 0) is 0 Å². The number of anilines is 3. The topological polar surface area (TPSA) is 92.9 Å². The number of nitrogens with zero attached hydrogens (tertiary/aromatic N) is 3. The van der Waals surface area contributed by atoms with Gasteiger partial charge < -0.3 is 15.2 Å². The van der Waals surface area contributed by atoms with Gasteiger partial charge in [0.15, 0.2) is 5.82 Å². The molecule has 2 aromatic heterocycles. The van der Waals surface area contributed by atoms with E-state index in [1.165, 1.54) is 30.6 Å². The number of aryl methyl sites for hydroxylation is 1. The van der Waals surface area contributed by atoms with Crippen molar-refractivity contribution in [2.24, 2.45) is 0 Å². The predicted molar refractivity (Wildman–Crippen MR) is 80.9 cm³/mol. The molecule has 116 valence electrons. The van der Waals surface area contributed by atoms with Crippen molar-refractivity contribution in [3.05, 3.63) is 60.0 Å². The van der Waals surface area contributed by atoms with Crippen LogP contribution < -0.4 is 10.6 Å². The summed E-state index contributed by atoms with van der Waals surface area (Å²) in [5.41, 5.74) is 0.148. The highest BCUT2D eigenvalue weighted by molar-refractivity contribution is 6.02. The zero-order chi connectivity index (χ0) is 16.2. The number of benzene rings is 1. The smallest absolute Gasteiger partial charge is 0.275 e. The summed E-state index contributed by atoms with van der Waals surface area (Å²) in [5.74, 6) is 0.474. The summed E-state index contributed by atoms with van der Waals surface area (Å²) in [7, 11) is 0. The second-order valence-electron chi connectivity index (χ2n) is 4.67. The van der Waals surface area contributed by atoms with Gasteiger partial charge in [-0.3, -0.25) is 4.79 Å². The molecule has 3 aromatic rings. The van der Waals surface area contributed by atoms with Crippen LogP contribution in [0.4, 0.5) is 21.7 Å². The van der Waals surface area contributed by atoms with Crippen molar-refractivity contribution in [3.8, 4) is 0 Å². The first kappa shape index (κ1) is 14.6. The Kier molecular flexibility index (Phi) is 3.96. The number of aromatic nitrogens is 3. The molecule has 23 heavy (non-hydrogen) atoms. The number of nitrogens with one attached hydrogen (secondary N) is 2. The first-order valence-electron chi connectivity index (χ1n) is 6.70. The molecule has 0 unspecified atom stereocenters. The Bertz CT molecular complexity index is 832. The highest BCUT2D eigenvalue weighted by atomic mass is 19.1. The molecular weight excluding hydrogens is 301 g/mol. The van der Waals surface area contributed by atoms with Crippen LogP contribution in [-0.4, -0.2) is 21.0 Å². The van der Waals surface area contributed by atoms with Gasteiger partial charge in [0.1, 0.15) is 23.1 Å². The molecule has 0 radical (unpaired) electrons. The lowest BCUT2D eigenvalue weighted by molar-refractivity contribution is 0.102. The number of carbonyl (C=O) groups excluding carboxylic acids is 1. The predicted octanol–water partition coefficient (Wildman–Crippen LogP) is 2.91. The van der Waals surface area contributed by atoms with Crippen LogP contribution in [0.25, 0.3) is 0 Å². The van der Waals surface area contributed by atoms with E-state index in [0.29, 0.717) is 17.4 Å². The van der Waals surface area contributed by atoms with Gasteiger partial charge in [0.05, 0.1) is 18.1 Å². The maximum Gasteiger partial charge on any atom is 0.275 e. The molecule has 8 heteroatoms. The Hall–Kier alpha value is -3.29. The average Bonchev–Trinajstić information content (AvgIpc) is 2.95. The summed E-state index contributed by atoms with van der Waals surface area (Å²) in [4.78, 5) is 20.1. The summed E-state index contributed by atoms with van der Waals surface area (Å²) in [6, 6.07) is 7.58. The Morgan fingerprint density at radius 3 is 2.65 bits per heavy atom. The van der Waals surface area contributed by atoms with Gasteiger partial charge in [-0.05, 0) is 19.1 Å². The van der Waals surface area contributed by atoms with Crippen molar-refractivity contribution in [3.63, 3.8) is 0 Å².